The van der Waals surface area contributed by atoms with E-state index in [1.165, 1.54) is 25.3 Å². The third-order valence-corrected chi connectivity index (χ3v) is 4.27. The van der Waals surface area contributed by atoms with Crippen molar-refractivity contribution in [3.8, 4) is 0 Å². The SMILES string of the molecule is CCCCCCC(C)NC(=O)c1cc(=O)n(C)c2ccccc12. The van der Waals surface area contributed by atoms with Crippen LogP contribution in [-0.4, -0.2) is 16.5 Å². The molecule has 0 aliphatic rings. The molecule has 1 aromatic carbocycles. The Labute approximate surface area is 137 Å². The van der Waals surface area contributed by atoms with Gasteiger partial charge in [-0.2, -0.15) is 0 Å². The molecule has 1 heterocycles. The highest BCUT2D eigenvalue weighted by atomic mass is 16.2. The molecule has 23 heavy (non-hydrogen) atoms. The summed E-state index contributed by atoms with van der Waals surface area (Å²) in [5, 5.41) is 3.84. The van der Waals surface area contributed by atoms with Crippen LogP contribution in [0.25, 0.3) is 10.9 Å². The van der Waals surface area contributed by atoms with Crippen LogP contribution in [0.3, 0.4) is 0 Å². The van der Waals surface area contributed by atoms with E-state index in [2.05, 4.69) is 12.2 Å². The van der Waals surface area contributed by atoms with E-state index in [-0.39, 0.29) is 17.5 Å². The van der Waals surface area contributed by atoms with Gasteiger partial charge in [-0.05, 0) is 19.4 Å². The van der Waals surface area contributed by atoms with Gasteiger partial charge in [-0.25, -0.2) is 0 Å². The fourth-order valence-corrected chi connectivity index (χ4v) is 2.85. The van der Waals surface area contributed by atoms with Crippen LogP contribution >= 0.6 is 0 Å². The minimum atomic E-state index is -0.165. The molecule has 2 aromatic rings. The molecule has 0 fully saturated rings. The Balaban J connectivity index is 2.15. The van der Waals surface area contributed by atoms with Gasteiger partial charge >= 0.3 is 0 Å². The molecule has 124 valence electrons. The summed E-state index contributed by atoms with van der Waals surface area (Å²) in [6, 6.07) is 9.05. The van der Waals surface area contributed by atoms with Crippen molar-refractivity contribution in [1.29, 1.82) is 0 Å². The summed E-state index contributed by atoms with van der Waals surface area (Å²) in [6.45, 7) is 4.21. The smallest absolute Gasteiger partial charge is 0.252 e. The van der Waals surface area contributed by atoms with E-state index in [1.807, 2.05) is 31.2 Å². The van der Waals surface area contributed by atoms with Crippen molar-refractivity contribution in [2.75, 3.05) is 0 Å². The summed E-state index contributed by atoms with van der Waals surface area (Å²) < 4.78 is 1.57. The summed E-state index contributed by atoms with van der Waals surface area (Å²) >= 11 is 0. The largest absolute Gasteiger partial charge is 0.350 e. The minimum Gasteiger partial charge on any atom is -0.350 e. The number of nitrogens with zero attached hydrogens (tertiary/aromatic N) is 1. The van der Waals surface area contributed by atoms with Crippen LogP contribution in [0, 0.1) is 0 Å². The van der Waals surface area contributed by atoms with Gasteiger partial charge in [0.05, 0.1) is 11.1 Å². The zero-order valence-electron chi connectivity index (χ0n) is 14.3. The lowest BCUT2D eigenvalue weighted by molar-refractivity contribution is 0.0939. The third-order valence-electron chi connectivity index (χ3n) is 4.27. The number of fused-ring (bicyclic) bond motifs is 1. The Hall–Kier alpha value is -2.10. The highest BCUT2D eigenvalue weighted by Gasteiger charge is 2.15. The Bertz CT molecular complexity index is 734. The van der Waals surface area contributed by atoms with Gasteiger partial charge in [0.1, 0.15) is 0 Å². The first kappa shape index (κ1) is 17.3. The molecule has 1 aromatic heterocycles. The molecule has 0 aliphatic carbocycles. The van der Waals surface area contributed by atoms with Crippen LogP contribution in [0.5, 0.6) is 0 Å². The Kier molecular flexibility index (Phi) is 5.97. The number of hydrogen-bond acceptors (Lipinski definition) is 2. The second-order valence-electron chi connectivity index (χ2n) is 6.20. The predicted molar refractivity (Wildman–Crippen MR) is 94.9 cm³/mol. The first-order valence-corrected chi connectivity index (χ1v) is 8.44. The number of hydrogen-bond donors (Lipinski definition) is 1. The maximum absolute atomic E-state index is 12.6. The number of carbonyl (C=O) groups is 1. The number of pyridine rings is 1. The predicted octanol–water partition coefficient (Wildman–Crippen LogP) is 3.63. The minimum absolute atomic E-state index is 0.113. The lowest BCUT2D eigenvalue weighted by atomic mass is 10.1. The first-order valence-electron chi connectivity index (χ1n) is 8.44. The van der Waals surface area contributed by atoms with Crippen molar-refractivity contribution >= 4 is 16.8 Å². The second-order valence-corrected chi connectivity index (χ2v) is 6.20. The summed E-state index contributed by atoms with van der Waals surface area (Å²) in [7, 11) is 1.72. The number of carbonyl (C=O) groups excluding carboxylic acids is 1. The molecule has 0 spiro atoms. The third kappa shape index (κ3) is 4.21. The fraction of sp³-hybridized carbons (Fsp3) is 0.474. The molecule has 1 atom stereocenters. The molecule has 0 bridgehead atoms. The van der Waals surface area contributed by atoms with E-state index in [0.29, 0.717) is 5.56 Å². The number of aromatic nitrogens is 1. The average molecular weight is 314 g/mol. The lowest BCUT2D eigenvalue weighted by Crippen LogP contribution is -2.33. The van der Waals surface area contributed by atoms with Crippen LogP contribution in [-0.2, 0) is 7.05 Å². The molecular formula is C19H26N2O2. The molecule has 4 nitrogen and oxygen atoms in total. The van der Waals surface area contributed by atoms with E-state index in [4.69, 9.17) is 0 Å². The Morgan fingerprint density at radius 1 is 1.22 bits per heavy atom. The first-order chi connectivity index (χ1) is 11.0. The summed E-state index contributed by atoms with van der Waals surface area (Å²) in [6.07, 6.45) is 5.73. The van der Waals surface area contributed by atoms with E-state index in [1.54, 1.807) is 11.6 Å². The molecule has 1 N–H and O–H groups in total. The second kappa shape index (κ2) is 7.95. The molecular weight excluding hydrogens is 288 g/mol. The zero-order valence-corrected chi connectivity index (χ0v) is 14.3. The van der Waals surface area contributed by atoms with Gasteiger partial charge in [0.25, 0.3) is 11.5 Å². The van der Waals surface area contributed by atoms with Gasteiger partial charge < -0.3 is 9.88 Å². The molecule has 0 radical (unpaired) electrons. The summed E-state index contributed by atoms with van der Waals surface area (Å²) in [5.41, 5.74) is 1.08. The maximum Gasteiger partial charge on any atom is 0.252 e. The van der Waals surface area contributed by atoms with E-state index >= 15 is 0 Å². The topological polar surface area (TPSA) is 51.1 Å². The average Bonchev–Trinajstić information content (AvgIpc) is 2.55. The summed E-state index contributed by atoms with van der Waals surface area (Å²) in [4.78, 5) is 24.6. The van der Waals surface area contributed by atoms with E-state index in [0.717, 1.165) is 23.7 Å². The van der Waals surface area contributed by atoms with Gasteiger partial charge in [0.15, 0.2) is 0 Å². The van der Waals surface area contributed by atoms with E-state index < -0.39 is 0 Å². The fourth-order valence-electron chi connectivity index (χ4n) is 2.85. The summed E-state index contributed by atoms with van der Waals surface area (Å²) in [5.74, 6) is -0.165. The van der Waals surface area contributed by atoms with Crippen molar-refractivity contribution in [1.82, 2.24) is 9.88 Å². The normalized spacial score (nSPS) is 12.3. The Morgan fingerprint density at radius 2 is 1.96 bits per heavy atom. The van der Waals surface area contributed by atoms with Crippen molar-refractivity contribution in [3.05, 3.63) is 46.2 Å². The van der Waals surface area contributed by atoms with Crippen LogP contribution < -0.4 is 10.9 Å². The van der Waals surface area contributed by atoms with Crippen molar-refractivity contribution in [2.45, 2.75) is 52.0 Å². The monoisotopic (exact) mass is 314 g/mol. The molecule has 2 rings (SSSR count). The van der Waals surface area contributed by atoms with Crippen molar-refractivity contribution in [2.24, 2.45) is 7.05 Å². The quantitative estimate of drug-likeness (QED) is 0.793. The van der Waals surface area contributed by atoms with Gasteiger partial charge in [0.2, 0.25) is 0 Å². The van der Waals surface area contributed by atoms with Crippen molar-refractivity contribution < 1.29 is 4.79 Å². The maximum atomic E-state index is 12.6. The van der Waals surface area contributed by atoms with Crippen LogP contribution in [0.2, 0.25) is 0 Å². The lowest BCUT2D eigenvalue weighted by Gasteiger charge is -2.15. The highest BCUT2D eigenvalue weighted by Crippen LogP contribution is 2.16. The molecule has 0 saturated carbocycles. The highest BCUT2D eigenvalue weighted by molar-refractivity contribution is 6.06. The molecule has 1 amide bonds. The molecule has 4 heteroatoms. The Morgan fingerprint density at radius 3 is 2.70 bits per heavy atom. The zero-order chi connectivity index (χ0) is 16.8. The number of benzene rings is 1. The van der Waals surface area contributed by atoms with Crippen LogP contribution in [0.15, 0.2) is 35.1 Å². The number of rotatable bonds is 7. The molecule has 0 saturated heterocycles. The number of amides is 1. The van der Waals surface area contributed by atoms with Gasteiger partial charge in [-0.15, -0.1) is 0 Å². The molecule has 1 unspecified atom stereocenters. The van der Waals surface area contributed by atoms with E-state index in [9.17, 15) is 9.59 Å². The van der Waals surface area contributed by atoms with Gasteiger partial charge in [-0.1, -0.05) is 50.8 Å². The number of para-hydroxylation sites is 1. The standard InChI is InChI=1S/C19H26N2O2/c1-4-5-6-7-10-14(2)20-19(23)16-13-18(22)21(3)17-12-9-8-11-15(16)17/h8-9,11-14H,4-7,10H2,1-3H3,(H,20,23). The number of aryl methyl sites for hydroxylation is 1. The van der Waals surface area contributed by atoms with Gasteiger partial charge in [0, 0.05) is 24.5 Å². The molecule has 0 aliphatic heterocycles. The number of nitrogens with one attached hydrogen (secondary N) is 1. The van der Waals surface area contributed by atoms with Crippen LogP contribution in [0.4, 0.5) is 0 Å². The van der Waals surface area contributed by atoms with Crippen molar-refractivity contribution in [3.63, 3.8) is 0 Å². The van der Waals surface area contributed by atoms with Crippen LogP contribution in [0.1, 0.15) is 56.3 Å². The van der Waals surface area contributed by atoms with Gasteiger partial charge in [-0.3, -0.25) is 9.59 Å². The number of unbranched alkanes of at least 4 members (excludes halogenated alkanes) is 3.